The van der Waals surface area contributed by atoms with Gasteiger partial charge in [0.15, 0.2) is 0 Å². The maximum Gasteiger partial charge on any atom is 0.338 e. The minimum Gasteiger partial charge on any atom is -0.481 e. The van der Waals surface area contributed by atoms with Crippen molar-refractivity contribution in [1.82, 2.24) is 4.90 Å². The normalized spacial score (nSPS) is 28.5. The summed E-state index contributed by atoms with van der Waals surface area (Å²) in [5.41, 5.74) is 0.392. The lowest BCUT2D eigenvalue weighted by Gasteiger charge is -2.42. The van der Waals surface area contributed by atoms with Gasteiger partial charge in [0, 0.05) is 18.5 Å². The van der Waals surface area contributed by atoms with E-state index in [2.05, 4.69) is 12.6 Å². The van der Waals surface area contributed by atoms with Gasteiger partial charge in [0.25, 0.3) is 0 Å². The lowest BCUT2D eigenvalue weighted by molar-refractivity contribution is -0.156. The molecule has 0 spiro atoms. The Morgan fingerprint density at radius 1 is 1.21 bits per heavy atom. The molecule has 0 radical (unpaired) electrons. The number of nitrogens with zero attached hydrogens (tertiary/aromatic N) is 1. The van der Waals surface area contributed by atoms with E-state index in [0.29, 0.717) is 18.4 Å². The number of ether oxygens (including phenoxy) is 1. The fraction of sp³-hybridized carbons (Fsp3) is 0.471. The number of piperidine rings is 1. The van der Waals surface area contributed by atoms with Crippen LogP contribution in [0.4, 0.5) is 0 Å². The maximum atomic E-state index is 12.3. The number of hydrogen-bond acceptors (Lipinski definition) is 5. The van der Waals surface area contributed by atoms with E-state index in [0.717, 1.165) is 6.42 Å². The summed E-state index contributed by atoms with van der Waals surface area (Å²) in [5.74, 6) is -2.58. The summed E-state index contributed by atoms with van der Waals surface area (Å²) >= 11 is 4.02. The van der Waals surface area contributed by atoms with Crippen molar-refractivity contribution in [3.63, 3.8) is 0 Å². The minimum atomic E-state index is -1.04. The van der Waals surface area contributed by atoms with Crippen molar-refractivity contribution in [3.05, 3.63) is 35.9 Å². The molecule has 1 N–H and O–H groups in total. The Kier molecular flexibility index (Phi) is 4.80. The number of carbonyl (C=O) groups is 3. The van der Waals surface area contributed by atoms with E-state index in [1.165, 1.54) is 0 Å². The van der Waals surface area contributed by atoms with E-state index in [-0.39, 0.29) is 17.7 Å². The number of rotatable bonds is 4. The van der Waals surface area contributed by atoms with Crippen LogP contribution in [0.2, 0.25) is 0 Å². The number of carbonyl (C=O) groups excluding carboxylic acids is 2. The van der Waals surface area contributed by atoms with Crippen LogP contribution < -0.4 is 0 Å². The third kappa shape index (κ3) is 3.00. The second kappa shape index (κ2) is 6.84. The van der Waals surface area contributed by atoms with E-state index in [1.54, 1.807) is 35.2 Å². The van der Waals surface area contributed by atoms with Gasteiger partial charge in [0.05, 0.1) is 11.3 Å². The highest BCUT2D eigenvalue weighted by molar-refractivity contribution is 7.81. The molecule has 7 heteroatoms. The molecule has 1 amide bonds. The minimum absolute atomic E-state index is 0.0494. The number of benzene rings is 1. The molecule has 0 aliphatic carbocycles. The highest BCUT2D eigenvalue weighted by Crippen LogP contribution is 2.41. The van der Waals surface area contributed by atoms with Crippen LogP contribution >= 0.6 is 12.6 Å². The van der Waals surface area contributed by atoms with Crippen LogP contribution in [0.3, 0.4) is 0 Å². The first-order chi connectivity index (χ1) is 11.5. The second-order valence-electron chi connectivity index (χ2n) is 6.17. The number of esters is 1. The molecule has 128 valence electrons. The van der Waals surface area contributed by atoms with Gasteiger partial charge in [-0.15, -0.1) is 0 Å². The lowest BCUT2D eigenvalue weighted by atomic mass is 9.87. The third-order valence-electron chi connectivity index (χ3n) is 4.84. The third-order valence-corrected chi connectivity index (χ3v) is 5.11. The molecule has 4 atom stereocenters. The first-order valence-electron chi connectivity index (χ1n) is 7.93. The van der Waals surface area contributed by atoms with Crippen molar-refractivity contribution in [1.29, 1.82) is 0 Å². The van der Waals surface area contributed by atoms with Crippen molar-refractivity contribution in [2.24, 2.45) is 5.92 Å². The molecule has 2 heterocycles. The SMILES string of the molecule is O=C(O[C@H]1C[C@H]2CC[C@H]([C@@H]1C(=O)O)N2C(=O)CS)c1ccccc1. The topological polar surface area (TPSA) is 83.9 Å². The van der Waals surface area contributed by atoms with Crippen molar-refractivity contribution < 1.29 is 24.2 Å². The van der Waals surface area contributed by atoms with E-state index in [1.807, 2.05) is 0 Å². The summed E-state index contributed by atoms with van der Waals surface area (Å²) in [6.07, 6.45) is 0.969. The highest BCUT2D eigenvalue weighted by Gasteiger charge is 2.53. The van der Waals surface area contributed by atoms with Gasteiger partial charge in [-0.25, -0.2) is 4.79 Å². The van der Waals surface area contributed by atoms with Crippen LogP contribution in [-0.4, -0.2) is 51.8 Å². The Balaban J connectivity index is 1.81. The summed E-state index contributed by atoms with van der Waals surface area (Å²) in [6.45, 7) is 0. The highest BCUT2D eigenvalue weighted by atomic mass is 32.1. The monoisotopic (exact) mass is 349 g/mol. The zero-order chi connectivity index (χ0) is 17.3. The summed E-state index contributed by atoms with van der Waals surface area (Å²) in [4.78, 5) is 37.8. The standard InChI is InChI=1S/C17H19NO5S/c19-14(9-24)18-11-6-7-12(18)15(16(20)21)13(8-11)23-17(22)10-4-2-1-3-5-10/h1-5,11-13,15,24H,6-9H2,(H,20,21)/t11-,12-,13+,15+/m1/s1. The van der Waals surface area contributed by atoms with Gasteiger partial charge in [0.1, 0.15) is 12.0 Å². The molecule has 24 heavy (non-hydrogen) atoms. The number of amides is 1. The number of hydrogen-bond donors (Lipinski definition) is 2. The Morgan fingerprint density at radius 2 is 1.92 bits per heavy atom. The first-order valence-corrected chi connectivity index (χ1v) is 8.57. The molecule has 1 aromatic carbocycles. The van der Waals surface area contributed by atoms with Crippen molar-refractivity contribution >= 4 is 30.5 Å². The Labute approximate surface area is 145 Å². The van der Waals surface area contributed by atoms with E-state index < -0.39 is 30.0 Å². The molecule has 2 saturated heterocycles. The van der Waals surface area contributed by atoms with Gasteiger partial charge in [-0.05, 0) is 25.0 Å². The fourth-order valence-electron chi connectivity index (χ4n) is 3.85. The van der Waals surface area contributed by atoms with Crippen molar-refractivity contribution in [2.75, 3.05) is 5.75 Å². The van der Waals surface area contributed by atoms with E-state index in [4.69, 9.17) is 4.74 Å². The van der Waals surface area contributed by atoms with Gasteiger partial charge in [-0.3, -0.25) is 9.59 Å². The predicted octanol–water partition coefficient (Wildman–Crippen LogP) is 1.61. The maximum absolute atomic E-state index is 12.3. The first kappa shape index (κ1) is 16.8. The van der Waals surface area contributed by atoms with Gasteiger partial charge < -0.3 is 14.7 Å². The summed E-state index contributed by atoms with van der Waals surface area (Å²) in [6, 6.07) is 7.98. The quantitative estimate of drug-likeness (QED) is 0.637. The largest absolute Gasteiger partial charge is 0.481 e. The van der Waals surface area contributed by atoms with E-state index in [9.17, 15) is 19.5 Å². The van der Waals surface area contributed by atoms with Crippen LogP contribution in [0, 0.1) is 5.92 Å². The number of aliphatic carboxylic acids is 1. The number of carboxylic acids is 1. The second-order valence-corrected chi connectivity index (χ2v) is 6.48. The Hall–Kier alpha value is -2.02. The van der Waals surface area contributed by atoms with Gasteiger partial charge in [-0.2, -0.15) is 12.6 Å². The van der Waals surface area contributed by atoms with Gasteiger partial charge in [-0.1, -0.05) is 18.2 Å². The van der Waals surface area contributed by atoms with Crippen molar-refractivity contribution in [3.8, 4) is 0 Å². The molecule has 0 aromatic heterocycles. The molecule has 3 rings (SSSR count). The number of thiol groups is 1. The molecule has 2 fully saturated rings. The smallest absolute Gasteiger partial charge is 0.338 e. The van der Waals surface area contributed by atoms with Gasteiger partial charge >= 0.3 is 11.9 Å². The Bertz CT molecular complexity index is 650. The lowest BCUT2D eigenvalue weighted by Crippen LogP contribution is -2.57. The molecular formula is C17H19NO5S. The molecule has 2 bridgehead atoms. The average Bonchev–Trinajstić information content (AvgIpc) is 2.88. The summed E-state index contributed by atoms with van der Waals surface area (Å²) in [7, 11) is 0. The van der Waals surface area contributed by atoms with Crippen molar-refractivity contribution in [2.45, 2.75) is 37.5 Å². The molecule has 0 unspecified atom stereocenters. The molecule has 1 aromatic rings. The van der Waals surface area contributed by atoms with E-state index >= 15 is 0 Å². The van der Waals surface area contributed by atoms with Crippen LogP contribution in [0.25, 0.3) is 0 Å². The molecule has 2 aliphatic heterocycles. The number of carboxylic acid groups (broad SMARTS) is 1. The summed E-state index contributed by atoms with van der Waals surface area (Å²) in [5, 5.41) is 9.64. The predicted molar refractivity (Wildman–Crippen MR) is 88.9 cm³/mol. The van der Waals surface area contributed by atoms with Crippen LogP contribution in [-0.2, 0) is 14.3 Å². The zero-order valence-corrected chi connectivity index (χ0v) is 13.9. The average molecular weight is 349 g/mol. The fourth-order valence-corrected chi connectivity index (χ4v) is 4.02. The van der Waals surface area contributed by atoms with Crippen LogP contribution in [0.5, 0.6) is 0 Å². The Morgan fingerprint density at radius 3 is 2.54 bits per heavy atom. The van der Waals surface area contributed by atoms with Crippen LogP contribution in [0.15, 0.2) is 30.3 Å². The molecular weight excluding hydrogens is 330 g/mol. The van der Waals surface area contributed by atoms with Crippen LogP contribution in [0.1, 0.15) is 29.6 Å². The van der Waals surface area contributed by atoms with Gasteiger partial charge in [0.2, 0.25) is 5.91 Å². The molecule has 6 nitrogen and oxygen atoms in total. The molecule has 2 aliphatic rings. The molecule has 0 saturated carbocycles. The zero-order valence-electron chi connectivity index (χ0n) is 13.0. The summed E-state index contributed by atoms with van der Waals surface area (Å²) < 4.78 is 5.52. The number of fused-ring (bicyclic) bond motifs is 2.